The van der Waals surface area contributed by atoms with Gasteiger partial charge in [-0.05, 0) is 83.4 Å². The summed E-state index contributed by atoms with van der Waals surface area (Å²) in [6.07, 6.45) is 8.91. The number of allylic oxidation sites excluding steroid dienone is 2. The summed E-state index contributed by atoms with van der Waals surface area (Å²) in [5, 5.41) is 9.46. The molecule has 0 unspecified atom stereocenters. The maximum Gasteiger partial charge on any atom is 0.269 e. The van der Waals surface area contributed by atoms with Crippen molar-refractivity contribution >= 4 is 44.4 Å². The predicted molar refractivity (Wildman–Crippen MR) is 206 cm³/mol. The number of ether oxygens (including phenoxy) is 3. The van der Waals surface area contributed by atoms with Crippen LogP contribution in [-0.2, 0) is 24.4 Å². The molecule has 3 fully saturated rings. The fourth-order valence-corrected chi connectivity index (χ4v) is 9.35. The first-order valence-corrected chi connectivity index (χ1v) is 21.0. The number of ketones is 1. The van der Waals surface area contributed by atoms with Gasteiger partial charge >= 0.3 is 0 Å². The van der Waals surface area contributed by atoms with Crippen molar-refractivity contribution in [1.29, 1.82) is 0 Å². The van der Waals surface area contributed by atoms with Gasteiger partial charge in [-0.15, -0.1) is 0 Å². The van der Waals surface area contributed by atoms with Crippen LogP contribution in [0, 0.1) is 18.3 Å². The molecule has 2 aromatic heterocycles. The molecular formula is C40H50N6O9S. The van der Waals surface area contributed by atoms with Crippen LogP contribution in [-0.4, -0.2) is 95.2 Å². The van der Waals surface area contributed by atoms with Gasteiger partial charge in [0.05, 0.1) is 42.0 Å². The van der Waals surface area contributed by atoms with Crippen LogP contribution in [0.4, 0.5) is 0 Å². The summed E-state index contributed by atoms with van der Waals surface area (Å²) in [5.41, 5.74) is 0.322. The summed E-state index contributed by atoms with van der Waals surface area (Å²) in [4.78, 5) is 62.6. The van der Waals surface area contributed by atoms with Crippen LogP contribution < -0.4 is 24.2 Å². The highest BCUT2D eigenvalue weighted by atomic mass is 32.2. The fourth-order valence-electron chi connectivity index (χ4n) is 7.96. The Morgan fingerprint density at radius 2 is 1.88 bits per heavy atom. The molecule has 3 N–H and O–H groups in total. The SMILES string of the molecule is COc1ccc2c(O[C@@H]3C[C@H]4C(=O)C[C@]5(C(=O)NS(=O)(=O)C6CC6)C[C@H]5/C=C\CCCCC[C@H](NC(=O)c5ccn[nH]5)C(=O)N4C3)cc(OC(C)C)nc2c1C. The summed E-state index contributed by atoms with van der Waals surface area (Å²) in [5.74, 6) is -0.913. The molecule has 1 saturated heterocycles. The van der Waals surface area contributed by atoms with Gasteiger partial charge in [-0.25, -0.2) is 13.4 Å². The Labute approximate surface area is 326 Å². The number of amides is 3. The molecule has 300 valence electrons. The van der Waals surface area contributed by atoms with E-state index in [1.54, 1.807) is 13.2 Å². The van der Waals surface area contributed by atoms with Crippen molar-refractivity contribution in [3.05, 3.63) is 53.9 Å². The maximum atomic E-state index is 14.7. The Kier molecular flexibility index (Phi) is 11.1. The zero-order valence-electron chi connectivity index (χ0n) is 32.2. The third-order valence-corrected chi connectivity index (χ3v) is 13.1. The number of aromatic amines is 1. The standard InChI is InChI=1S/C40H50N6O9S/c1-23(2)54-35-19-34(28-14-15-33(53-4)24(3)36(28)43-35)55-26-18-31-32(47)21-40(39(50)45-56(51,52)27-12-13-27)20-25(40)10-8-6-5-7-9-11-30(38(49)46(31)22-26)42-37(48)29-16-17-41-44-29/h8,10,14-17,19,23,25-27,30-31H,5-7,9,11-13,18,20-22H2,1-4H3,(H,41,44)(H,42,48)(H,45,50)/b10-8-/t25-,26-,30+,31+,40-/m1/s1. The van der Waals surface area contributed by atoms with Crippen LogP contribution in [0.5, 0.6) is 17.4 Å². The van der Waals surface area contributed by atoms with E-state index in [-0.39, 0.29) is 42.9 Å². The Balaban J connectivity index is 1.23. The number of aryl methyl sites for hydroxylation is 1. The number of benzene rings is 1. The summed E-state index contributed by atoms with van der Waals surface area (Å²) < 4.78 is 46.3. The van der Waals surface area contributed by atoms with Crippen molar-refractivity contribution in [2.45, 2.75) is 115 Å². The lowest BCUT2D eigenvalue weighted by Gasteiger charge is -2.29. The fraction of sp³-hybridized carbons (Fsp3) is 0.550. The van der Waals surface area contributed by atoms with Gasteiger partial charge in [0.1, 0.15) is 29.3 Å². The monoisotopic (exact) mass is 790 g/mol. The minimum absolute atomic E-state index is 0.0174. The Morgan fingerprint density at radius 1 is 1.07 bits per heavy atom. The number of fused-ring (bicyclic) bond motifs is 3. The summed E-state index contributed by atoms with van der Waals surface area (Å²) >= 11 is 0. The largest absolute Gasteiger partial charge is 0.496 e. The number of carbonyl (C=O) groups excluding carboxylic acids is 4. The molecule has 2 saturated carbocycles. The van der Waals surface area contributed by atoms with Crippen LogP contribution >= 0.6 is 0 Å². The number of Topliss-reactive ketones (excluding diaryl/α,β-unsaturated/α-hetero) is 1. The lowest BCUT2D eigenvalue weighted by molar-refractivity contribution is -0.140. The second-order valence-electron chi connectivity index (χ2n) is 15.7. The number of sulfonamides is 1. The van der Waals surface area contributed by atoms with Crippen molar-refractivity contribution in [2.24, 2.45) is 11.3 Å². The van der Waals surface area contributed by atoms with E-state index in [0.29, 0.717) is 60.4 Å². The number of rotatable bonds is 10. The van der Waals surface area contributed by atoms with E-state index in [4.69, 9.17) is 19.2 Å². The molecule has 0 radical (unpaired) electrons. The first kappa shape index (κ1) is 39.3. The van der Waals surface area contributed by atoms with Gasteiger partial charge in [0.2, 0.25) is 27.7 Å². The first-order valence-electron chi connectivity index (χ1n) is 19.5. The van der Waals surface area contributed by atoms with Crippen molar-refractivity contribution in [2.75, 3.05) is 13.7 Å². The van der Waals surface area contributed by atoms with Crippen molar-refractivity contribution < 1.29 is 41.8 Å². The molecule has 3 aromatic rings. The average Bonchev–Trinajstić information content (AvgIpc) is 4.01. The second kappa shape index (κ2) is 15.9. The highest BCUT2D eigenvalue weighted by Crippen LogP contribution is 2.57. The predicted octanol–water partition coefficient (Wildman–Crippen LogP) is 4.30. The highest BCUT2D eigenvalue weighted by molar-refractivity contribution is 7.90. The van der Waals surface area contributed by atoms with Gasteiger partial charge in [0.25, 0.3) is 5.91 Å². The van der Waals surface area contributed by atoms with Gasteiger partial charge < -0.3 is 24.4 Å². The van der Waals surface area contributed by atoms with Crippen molar-refractivity contribution in [3.8, 4) is 17.4 Å². The number of hydrogen-bond acceptors (Lipinski definition) is 11. The van der Waals surface area contributed by atoms with E-state index >= 15 is 0 Å². The maximum absolute atomic E-state index is 14.7. The van der Waals surface area contributed by atoms with Gasteiger partial charge in [0.15, 0.2) is 5.78 Å². The van der Waals surface area contributed by atoms with Gasteiger partial charge in [-0.1, -0.05) is 25.0 Å². The van der Waals surface area contributed by atoms with E-state index in [0.717, 1.165) is 24.8 Å². The Morgan fingerprint density at radius 3 is 2.59 bits per heavy atom. The summed E-state index contributed by atoms with van der Waals surface area (Å²) in [7, 11) is -2.28. The minimum Gasteiger partial charge on any atom is -0.496 e. The third-order valence-electron chi connectivity index (χ3n) is 11.3. The van der Waals surface area contributed by atoms with E-state index in [9.17, 15) is 27.6 Å². The number of methoxy groups -OCH3 is 1. The molecule has 15 nitrogen and oxygen atoms in total. The number of pyridine rings is 1. The third kappa shape index (κ3) is 8.25. The Hall–Kier alpha value is -4.99. The molecular weight excluding hydrogens is 741 g/mol. The highest BCUT2D eigenvalue weighted by Gasteiger charge is 2.61. The van der Waals surface area contributed by atoms with Crippen molar-refractivity contribution in [3.63, 3.8) is 0 Å². The molecule has 2 aliphatic heterocycles. The number of aromatic nitrogens is 3. The van der Waals surface area contributed by atoms with Gasteiger partial charge in [0, 0.05) is 36.1 Å². The number of nitrogens with zero attached hydrogens (tertiary/aromatic N) is 3. The van der Waals surface area contributed by atoms with E-state index < -0.39 is 56.6 Å². The summed E-state index contributed by atoms with van der Waals surface area (Å²) in [6, 6.07) is 4.90. The molecule has 1 aromatic carbocycles. The van der Waals surface area contributed by atoms with Gasteiger partial charge in [-0.3, -0.25) is 29.0 Å². The number of nitrogens with one attached hydrogen (secondary N) is 3. The first-order chi connectivity index (χ1) is 26.8. The van der Waals surface area contributed by atoms with Gasteiger partial charge in [-0.2, -0.15) is 5.10 Å². The average molecular weight is 791 g/mol. The molecule has 0 bridgehead atoms. The van der Waals surface area contributed by atoms with Crippen LogP contribution in [0.25, 0.3) is 10.9 Å². The van der Waals surface area contributed by atoms with E-state index in [2.05, 4.69) is 20.2 Å². The summed E-state index contributed by atoms with van der Waals surface area (Å²) in [6.45, 7) is 5.69. The van der Waals surface area contributed by atoms with Crippen LogP contribution in [0.3, 0.4) is 0 Å². The minimum atomic E-state index is -3.86. The Bertz CT molecular complexity index is 2130. The molecule has 4 aliphatic rings. The van der Waals surface area contributed by atoms with Crippen LogP contribution in [0.1, 0.15) is 94.1 Å². The number of hydrogen-bond donors (Lipinski definition) is 3. The van der Waals surface area contributed by atoms with E-state index in [1.165, 1.54) is 17.2 Å². The smallest absolute Gasteiger partial charge is 0.269 e. The zero-order valence-corrected chi connectivity index (χ0v) is 33.0. The topological polar surface area (TPSA) is 199 Å². The van der Waals surface area contributed by atoms with Crippen molar-refractivity contribution in [1.82, 2.24) is 30.1 Å². The molecule has 7 rings (SSSR count). The van der Waals surface area contributed by atoms with Crippen LogP contribution in [0.15, 0.2) is 42.6 Å². The normalized spacial score (nSPS) is 26.4. The number of carbonyl (C=O) groups is 4. The van der Waals surface area contributed by atoms with Crippen LogP contribution in [0.2, 0.25) is 0 Å². The molecule has 56 heavy (non-hydrogen) atoms. The molecule has 2 aliphatic carbocycles. The second-order valence-corrected chi connectivity index (χ2v) is 17.7. The molecule has 16 heteroatoms. The molecule has 4 heterocycles. The molecule has 3 amide bonds. The number of H-pyrrole nitrogens is 1. The zero-order chi connectivity index (χ0) is 39.8. The van der Waals surface area contributed by atoms with E-state index in [1.807, 2.05) is 45.1 Å². The molecule has 5 atom stereocenters. The molecule has 0 spiro atoms. The quantitative estimate of drug-likeness (QED) is 0.248. The lowest BCUT2D eigenvalue weighted by atomic mass is 9.91. The lowest BCUT2D eigenvalue weighted by Crippen LogP contribution is -2.52.